The molecule has 2 N–H and O–H groups in total. The van der Waals surface area contributed by atoms with Crippen molar-refractivity contribution < 1.29 is 23.0 Å². The first-order valence-corrected chi connectivity index (χ1v) is 9.64. The van der Waals surface area contributed by atoms with Crippen molar-refractivity contribution in [3.63, 3.8) is 0 Å². The number of aromatic nitrogens is 3. The van der Waals surface area contributed by atoms with Crippen molar-refractivity contribution in [2.75, 3.05) is 7.11 Å². The predicted molar refractivity (Wildman–Crippen MR) is 111 cm³/mol. The van der Waals surface area contributed by atoms with Crippen molar-refractivity contribution >= 4 is 16.9 Å². The van der Waals surface area contributed by atoms with Gasteiger partial charge < -0.3 is 19.8 Å². The van der Waals surface area contributed by atoms with E-state index in [0.29, 0.717) is 16.8 Å². The third-order valence-electron chi connectivity index (χ3n) is 5.09. The highest BCUT2D eigenvalue weighted by Gasteiger charge is 2.16. The van der Waals surface area contributed by atoms with Crippen LogP contribution in [0, 0.1) is 13.8 Å². The van der Waals surface area contributed by atoms with Crippen molar-refractivity contribution in [1.82, 2.24) is 20.1 Å². The van der Waals surface area contributed by atoms with Crippen molar-refractivity contribution in [3.05, 3.63) is 50.9 Å². The molecule has 1 amide bonds. The summed E-state index contributed by atoms with van der Waals surface area (Å²) < 4.78 is 35.9. The number of carbonyl (C=O) groups is 1. The van der Waals surface area contributed by atoms with Gasteiger partial charge in [0.1, 0.15) is 5.65 Å². The number of nitrogens with one attached hydrogen (secondary N) is 2. The van der Waals surface area contributed by atoms with Gasteiger partial charge in [0.25, 0.3) is 5.56 Å². The highest BCUT2D eigenvalue weighted by atomic mass is 19.3. The molecule has 0 fully saturated rings. The van der Waals surface area contributed by atoms with Gasteiger partial charge in [0.05, 0.1) is 12.8 Å². The topological polar surface area (TPSA) is 98.2 Å². The standard InChI is InChI=1S/C21H24F2N4O4/c1-11-14(20(29)25-19-18(11)12(2)26-27(19)3)6-8-17(28)24-10-13-5-7-15(31-21(22)23)16(9-13)30-4/h5,7,9,21H,6,8,10H2,1-4H3,(H,24,28)(H,25,29). The number of pyridine rings is 1. The normalized spacial score (nSPS) is 11.2. The lowest BCUT2D eigenvalue weighted by molar-refractivity contribution is -0.121. The fourth-order valence-corrected chi connectivity index (χ4v) is 3.60. The highest BCUT2D eigenvalue weighted by Crippen LogP contribution is 2.29. The van der Waals surface area contributed by atoms with E-state index in [2.05, 4.69) is 20.1 Å². The van der Waals surface area contributed by atoms with Crippen LogP contribution in [0.4, 0.5) is 8.78 Å². The van der Waals surface area contributed by atoms with E-state index in [1.807, 2.05) is 13.8 Å². The Labute approximate surface area is 177 Å². The molecule has 3 rings (SSSR count). The molecule has 3 aromatic rings. The van der Waals surface area contributed by atoms with Crippen LogP contribution < -0.4 is 20.3 Å². The molecular weight excluding hydrogens is 410 g/mol. The maximum Gasteiger partial charge on any atom is 0.387 e. The lowest BCUT2D eigenvalue weighted by Gasteiger charge is -2.12. The first kappa shape index (κ1) is 22.3. The van der Waals surface area contributed by atoms with Crippen molar-refractivity contribution in [2.45, 2.75) is 39.8 Å². The molecule has 0 atom stereocenters. The van der Waals surface area contributed by atoms with Crippen LogP contribution in [0.2, 0.25) is 0 Å². The van der Waals surface area contributed by atoms with Gasteiger partial charge in [0, 0.05) is 31.0 Å². The molecule has 166 valence electrons. The van der Waals surface area contributed by atoms with Crippen molar-refractivity contribution in [2.24, 2.45) is 7.05 Å². The summed E-state index contributed by atoms with van der Waals surface area (Å²) in [6, 6.07) is 4.45. The second-order valence-electron chi connectivity index (χ2n) is 7.13. The molecule has 10 heteroatoms. The van der Waals surface area contributed by atoms with Gasteiger partial charge >= 0.3 is 6.61 Å². The van der Waals surface area contributed by atoms with Crippen LogP contribution >= 0.6 is 0 Å². The SMILES string of the molecule is COc1cc(CNC(=O)CCc2c(C)c3c(C)nn(C)c3[nH]c2=O)ccc1OC(F)F. The highest BCUT2D eigenvalue weighted by molar-refractivity contribution is 5.83. The third kappa shape index (κ3) is 4.84. The van der Waals surface area contributed by atoms with Gasteiger partial charge in [-0.25, -0.2) is 0 Å². The molecule has 0 bridgehead atoms. The number of hydrogen-bond donors (Lipinski definition) is 2. The van der Waals surface area contributed by atoms with Crippen LogP contribution in [-0.4, -0.2) is 34.4 Å². The van der Waals surface area contributed by atoms with E-state index >= 15 is 0 Å². The Morgan fingerprint density at radius 1 is 1.29 bits per heavy atom. The number of fused-ring (bicyclic) bond motifs is 1. The van der Waals surface area contributed by atoms with Gasteiger partial charge in [-0.2, -0.15) is 13.9 Å². The van der Waals surface area contributed by atoms with E-state index < -0.39 is 6.61 Å². The minimum absolute atomic E-state index is 0.0802. The fourth-order valence-electron chi connectivity index (χ4n) is 3.60. The number of alkyl halides is 2. The Morgan fingerprint density at radius 2 is 2.03 bits per heavy atom. The van der Waals surface area contributed by atoms with Crippen LogP contribution in [-0.2, 0) is 24.8 Å². The fraction of sp³-hybridized carbons (Fsp3) is 0.381. The Hall–Kier alpha value is -3.43. The van der Waals surface area contributed by atoms with Gasteiger partial charge in [-0.1, -0.05) is 6.07 Å². The van der Waals surface area contributed by atoms with Gasteiger partial charge in [-0.05, 0) is 43.5 Å². The van der Waals surface area contributed by atoms with E-state index in [9.17, 15) is 18.4 Å². The van der Waals surface area contributed by atoms with E-state index in [0.717, 1.165) is 16.6 Å². The number of benzene rings is 1. The molecule has 0 aliphatic rings. The largest absolute Gasteiger partial charge is 0.493 e. The first-order chi connectivity index (χ1) is 14.7. The zero-order valence-corrected chi connectivity index (χ0v) is 17.7. The molecule has 0 saturated heterocycles. The number of rotatable bonds is 8. The second kappa shape index (κ2) is 9.15. The van der Waals surface area contributed by atoms with Crippen LogP contribution in [0.25, 0.3) is 11.0 Å². The number of carbonyl (C=O) groups excluding carboxylic acids is 1. The number of aromatic amines is 1. The second-order valence-corrected chi connectivity index (χ2v) is 7.13. The lowest BCUT2D eigenvalue weighted by atomic mass is 10.0. The molecule has 0 aliphatic heterocycles. The average Bonchev–Trinajstić information content (AvgIpc) is 2.99. The molecule has 0 unspecified atom stereocenters. The molecule has 0 radical (unpaired) electrons. The molecular formula is C21H24F2N4O4. The minimum atomic E-state index is -2.96. The van der Waals surface area contributed by atoms with Gasteiger partial charge in [-0.15, -0.1) is 0 Å². The quantitative estimate of drug-likeness (QED) is 0.568. The number of ether oxygens (including phenoxy) is 2. The van der Waals surface area contributed by atoms with Crippen LogP contribution in [0.15, 0.2) is 23.0 Å². The number of aryl methyl sites for hydroxylation is 3. The summed E-state index contributed by atoms with van der Waals surface area (Å²) in [5, 5.41) is 7.98. The van der Waals surface area contributed by atoms with Gasteiger partial charge in [-0.3, -0.25) is 14.3 Å². The number of amides is 1. The van der Waals surface area contributed by atoms with Crippen molar-refractivity contribution in [3.8, 4) is 11.5 Å². The van der Waals surface area contributed by atoms with Crippen LogP contribution in [0.3, 0.4) is 0 Å². The maximum atomic E-state index is 12.5. The molecule has 0 saturated carbocycles. The third-order valence-corrected chi connectivity index (χ3v) is 5.09. The monoisotopic (exact) mass is 434 g/mol. The smallest absolute Gasteiger partial charge is 0.387 e. The lowest BCUT2D eigenvalue weighted by Crippen LogP contribution is -2.25. The summed E-state index contributed by atoms with van der Waals surface area (Å²) in [7, 11) is 3.11. The Kier molecular flexibility index (Phi) is 6.57. The number of H-pyrrole nitrogens is 1. The summed E-state index contributed by atoms with van der Waals surface area (Å²) in [5.41, 5.74) is 3.26. The zero-order valence-electron chi connectivity index (χ0n) is 17.7. The Bertz CT molecular complexity index is 1170. The van der Waals surface area contributed by atoms with Crippen LogP contribution in [0.1, 0.15) is 28.8 Å². The molecule has 8 nitrogen and oxygen atoms in total. The van der Waals surface area contributed by atoms with E-state index in [1.165, 1.54) is 19.2 Å². The summed E-state index contributed by atoms with van der Waals surface area (Å²) in [5.74, 6) is -0.175. The van der Waals surface area contributed by atoms with Crippen molar-refractivity contribution in [1.29, 1.82) is 0 Å². The Morgan fingerprint density at radius 3 is 2.71 bits per heavy atom. The number of hydrogen-bond acceptors (Lipinski definition) is 5. The number of halogens is 2. The van der Waals surface area contributed by atoms with Gasteiger partial charge in [0.15, 0.2) is 11.5 Å². The maximum absolute atomic E-state index is 12.5. The first-order valence-electron chi connectivity index (χ1n) is 9.64. The number of nitrogens with zero attached hydrogens (tertiary/aromatic N) is 2. The zero-order chi connectivity index (χ0) is 22.7. The molecule has 0 aliphatic carbocycles. The summed E-state index contributed by atoms with van der Waals surface area (Å²) in [4.78, 5) is 27.6. The molecule has 1 aromatic carbocycles. The minimum Gasteiger partial charge on any atom is -0.493 e. The van der Waals surface area contributed by atoms with Gasteiger partial charge in [0.2, 0.25) is 5.91 Å². The number of methoxy groups -OCH3 is 1. The molecule has 31 heavy (non-hydrogen) atoms. The summed E-state index contributed by atoms with van der Waals surface area (Å²) in [6.07, 6.45) is 0.403. The summed E-state index contributed by atoms with van der Waals surface area (Å²) >= 11 is 0. The van der Waals surface area contributed by atoms with E-state index in [1.54, 1.807) is 17.8 Å². The summed E-state index contributed by atoms with van der Waals surface area (Å²) in [6.45, 7) is 0.950. The molecule has 0 spiro atoms. The van der Waals surface area contributed by atoms with E-state index in [-0.39, 0.29) is 42.4 Å². The molecule has 2 heterocycles. The average molecular weight is 434 g/mol. The Balaban J connectivity index is 1.65. The van der Waals surface area contributed by atoms with Crippen LogP contribution in [0.5, 0.6) is 11.5 Å². The molecule has 2 aromatic heterocycles. The van der Waals surface area contributed by atoms with E-state index in [4.69, 9.17) is 4.74 Å². The predicted octanol–water partition coefficient (Wildman–Crippen LogP) is 2.74.